The van der Waals surface area contributed by atoms with E-state index in [1.54, 1.807) is 23.7 Å². The third-order valence-corrected chi connectivity index (χ3v) is 5.04. The van der Waals surface area contributed by atoms with Crippen molar-refractivity contribution in [2.75, 3.05) is 13.7 Å². The van der Waals surface area contributed by atoms with Crippen LogP contribution in [0.25, 0.3) is 11.0 Å². The fourth-order valence-corrected chi connectivity index (χ4v) is 3.62. The molecule has 1 amide bonds. The molecule has 0 radical (unpaired) electrons. The average Bonchev–Trinajstić information content (AvgIpc) is 2.97. The van der Waals surface area contributed by atoms with Crippen LogP contribution < -0.4 is 14.8 Å². The summed E-state index contributed by atoms with van der Waals surface area (Å²) in [6, 6.07) is 3.70. The van der Waals surface area contributed by atoms with E-state index >= 15 is 0 Å². The fourth-order valence-electron chi connectivity index (χ4n) is 3.62. The van der Waals surface area contributed by atoms with Crippen LogP contribution in [0.15, 0.2) is 12.1 Å². The van der Waals surface area contributed by atoms with Gasteiger partial charge in [-0.1, -0.05) is 0 Å². The second-order valence-electron chi connectivity index (χ2n) is 7.35. The number of aromatic nitrogens is 2. The number of hydrogen-bond donors (Lipinski definition) is 1. The van der Waals surface area contributed by atoms with Gasteiger partial charge in [0.25, 0.3) is 6.01 Å². The van der Waals surface area contributed by atoms with Gasteiger partial charge in [-0.3, -0.25) is 9.36 Å². The van der Waals surface area contributed by atoms with Crippen molar-refractivity contribution in [3.63, 3.8) is 0 Å². The number of imidazole rings is 1. The summed E-state index contributed by atoms with van der Waals surface area (Å²) in [5, 5.41) is 2.82. The number of benzene rings is 1. The average molecular weight is 393 g/mol. The maximum Gasteiger partial charge on any atom is 0.297 e. The normalized spacial score (nSPS) is 20.8. The minimum atomic E-state index is -0.435. The molecule has 1 aliphatic rings. The minimum Gasteiger partial charge on any atom is -0.494 e. The Kier molecular flexibility index (Phi) is 6.39. The Morgan fingerprint density at radius 2 is 2.00 bits per heavy atom. The molecular formula is C20H28FN3O4. The molecule has 7 nitrogen and oxygen atoms in total. The van der Waals surface area contributed by atoms with E-state index in [2.05, 4.69) is 10.3 Å². The van der Waals surface area contributed by atoms with Gasteiger partial charge in [-0.2, -0.15) is 4.98 Å². The van der Waals surface area contributed by atoms with Crippen molar-refractivity contribution >= 4 is 16.9 Å². The van der Waals surface area contributed by atoms with Crippen molar-refractivity contribution in [1.82, 2.24) is 14.9 Å². The third kappa shape index (κ3) is 4.55. The molecule has 1 atom stereocenters. The summed E-state index contributed by atoms with van der Waals surface area (Å²) in [5.41, 5.74) is 0.915. The highest BCUT2D eigenvalue weighted by Crippen LogP contribution is 2.31. The Labute approximate surface area is 164 Å². The maximum atomic E-state index is 14.5. The monoisotopic (exact) mass is 393 g/mol. The van der Waals surface area contributed by atoms with Crippen molar-refractivity contribution in [2.24, 2.45) is 7.05 Å². The number of carbonyl (C=O) groups is 1. The zero-order chi connectivity index (χ0) is 20.3. The van der Waals surface area contributed by atoms with Crippen molar-refractivity contribution in [3.8, 4) is 11.8 Å². The van der Waals surface area contributed by atoms with Gasteiger partial charge in [0.05, 0.1) is 25.3 Å². The maximum absolute atomic E-state index is 14.5. The first-order valence-electron chi connectivity index (χ1n) is 9.63. The zero-order valence-electron chi connectivity index (χ0n) is 16.8. The molecule has 8 heteroatoms. The Balaban J connectivity index is 1.56. The first-order chi connectivity index (χ1) is 13.4. The van der Waals surface area contributed by atoms with E-state index in [4.69, 9.17) is 14.2 Å². The molecular weight excluding hydrogens is 365 g/mol. The fraction of sp³-hybridized carbons (Fsp3) is 0.600. The number of hydrogen-bond acceptors (Lipinski definition) is 5. The SMILES string of the molecule is COc1ccc2nc(OC3CCC(OC[C@H](C)NC(C)=O)CC3)n(C)c2c1F. The number of nitrogens with zero attached hydrogens (tertiary/aromatic N) is 2. The van der Waals surface area contributed by atoms with E-state index in [1.807, 2.05) is 6.92 Å². The van der Waals surface area contributed by atoms with Gasteiger partial charge in [0.2, 0.25) is 5.91 Å². The molecule has 0 bridgehead atoms. The number of fused-ring (bicyclic) bond motifs is 1. The van der Waals surface area contributed by atoms with Gasteiger partial charge in [-0.05, 0) is 44.7 Å². The number of aryl methyl sites for hydroxylation is 1. The van der Waals surface area contributed by atoms with Crippen LogP contribution in [-0.2, 0) is 16.6 Å². The van der Waals surface area contributed by atoms with Gasteiger partial charge in [0, 0.05) is 20.0 Å². The summed E-state index contributed by atoms with van der Waals surface area (Å²) in [6.45, 7) is 3.93. The minimum absolute atomic E-state index is 0.00152. The van der Waals surface area contributed by atoms with Crippen LogP contribution in [0.1, 0.15) is 39.5 Å². The molecule has 1 heterocycles. The number of amides is 1. The smallest absolute Gasteiger partial charge is 0.297 e. The number of methoxy groups -OCH3 is 1. The quantitative estimate of drug-likeness (QED) is 0.783. The first kappa shape index (κ1) is 20.4. The Bertz CT molecular complexity index is 830. The van der Waals surface area contributed by atoms with E-state index in [0.717, 1.165) is 25.7 Å². The molecule has 154 valence electrons. The highest BCUT2D eigenvalue weighted by Gasteiger charge is 2.25. The van der Waals surface area contributed by atoms with Crippen LogP contribution in [0.2, 0.25) is 0 Å². The summed E-state index contributed by atoms with van der Waals surface area (Å²) < 4.78 is 33.2. The second-order valence-corrected chi connectivity index (χ2v) is 7.35. The van der Waals surface area contributed by atoms with Gasteiger partial charge >= 0.3 is 0 Å². The number of halogens is 1. The summed E-state index contributed by atoms with van der Waals surface area (Å²) in [4.78, 5) is 15.5. The zero-order valence-corrected chi connectivity index (χ0v) is 16.8. The van der Waals surface area contributed by atoms with Gasteiger partial charge in [-0.15, -0.1) is 0 Å². The summed E-state index contributed by atoms with van der Waals surface area (Å²) in [7, 11) is 3.18. The standard InChI is InChI=1S/C20H28FN3O4/c1-12(22-13(2)25)11-27-14-5-7-15(8-6-14)28-20-23-16-9-10-17(26-4)18(21)19(16)24(20)3/h9-10,12,14-15H,5-8,11H2,1-4H3,(H,22,25)/t12-,14?,15?/m0/s1. The van der Waals surface area contributed by atoms with E-state index in [0.29, 0.717) is 23.7 Å². The number of nitrogens with one attached hydrogen (secondary N) is 1. The number of carbonyl (C=O) groups excluding carboxylic acids is 1. The molecule has 1 saturated carbocycles. The van der Waals surface area contributed by atoms with Gasteiger partial charge in [0.15, 0.2) is 11.6 Å². The highest BCUT2D eigenvalue weighted by molar-refractivity contribution is 5.79. The molecule has 2 aromatic rings. The van der Waals surface area contributed by atoms with E-state index in [9.17, 15) is 9.18 Å². The van der Waals surface area contributed by atoms with Crippen molar-refractivity contribution in [3.05, 3.63) is 17.9 Å². The molecule has 0 unspecified atom stereocenters. The van der Waals surface area contributed by atoms with E-state index in [1.165, 1.54) is 14.0 Å². The van der Waals surface area contributed by atoms with Crippen molar-refractivity contribution in [2.45, 2.75) is 57.8 Å². The van der Waals surface area contributed by atoms with Crippen LogP contribution >= 0.6 is 0 Å². The molecule has 1 aliphatic carbocycles. The lowest BCUT2D eigenvalue weighted by atomic mass is 9.95. The lowest BCUT2D eigenvalue weighted by Crippen LogP contribution is -2.37. The molecule has 1 fully saturated rings. The van der Waals surface area contributed by atoms with Gasteiger partial charge < -0.3 is 19.5 Å². The lowest BCUT2D eigenvalue weighted by molar-refractivity contribution is -0.120. The topological polar surface area (TPSA) is 74.6 Å². The molecule has 1 N–H and O–H groups in total. The predicted molar refractivity (Wildman–Crippen MR) is 103 cm³/mol. The molecule has 0 saturated heterocycles. The van der Waals surface area contributed by atoms with Crippen LogP contribution in [0.4, 0.5) is 4.39 Å². The third-order valence-electron chi connectivity index (χ3n) is 5.04. The van der Waals surface area contributed by atoms with Crippen molar-refractivity contribution in [1.29, 1.82) is 0 Å². The van der Waals surface area contributed by atoms with Gasteiger partial charge in [-0.25, -0.2) is 4.39 Å². The largest absolute Gasteiger partial charge is 0.494 e. The number of ether oxygens (including phenoxy) is 3. The first-order valence-corrected chi connectivity index (χ1v) is 9.63. The molecule has 1 aromatic carbocycles. The molecule has 28 heavy (non-hydrogen) atoms. The van der Waals surface area contributed by atoms with Crippen LogP contribution in [0, 0.1) is 5.82 Å². The highest BCUT2D eigenvalue weighted by atomic mass is 19.1. The van der Waals surface area contributed by atoms with E-state index < -0.39 is 5.82 Å². The predicted octanol–water partition coefficient (Wildman–Crippen LogP) is 2.95. The van der Waals surface area contributed by atoms with Crippen LogP contribution in [-0.4, -0.2) is 47.4 Å². The molecule has 3 rings (SSSR count). The summed E-state index contributed by atoms with van der Waals surface area (Å²) in [5.74, 6) is -0.298. The Hall–Kier alpha value is -2.35. The second kappa shape index (κ2) is 8.77. The summed E-state index contributed by atoms with van der Waals surface area (Å²) >= 11 is 0. The van der Waals surface area contributed by atoms with E-state index in [-0.39, 0.29) is 29.9 Å². The molecule has 0 aliphatic heterocycles. The molecule has 1 aromatic heterocycles. The Morgan fingerprint density at radius 1 is 1.32 bits per heavy atom. The molecule has 0 spiro atoms. The van der Waals surface area contributed by atoms with Crippen molar-refractivity contribution < 1.29 is 23.4 Å². The Morgan fingerprint density at radius 3 is 2.64 bits per heavy atom. The van der Waals surface area contributed by atoms with Gasteiger partial charge in [0.1, 0.15) is 11.6 Å². The lowest BCUT2D eigenvalue weighted by Gasteiger charge is -2.29. The van der Waals surface area contributed by atoms with Crippen LogP contribution in [0.3, 0.4) is 0 Å². The summed E-state index contributed by atoms with van der Waals surface area (Å²) in [6.07, 6.45) is 3.63. The number of rotatable bonds is 7. The van der Waals surface area contributed by atoms with Crippen LogP contribution in [0.5, 0.6) is 11.8 Å².